The summed E-state index contributed by atoms with van der Waals surface area (Å²) in [6.45, 7) is 1.49. The Morgan fingerprint density at radius 3 is 2.04 bits per heavy atom. The highest BCUT2D eigenvalue weighted by Gasteiger charge is 2.00. The lowest BCUT2D eigenvalue weighted by molar-refractivity contribution is 0.475. The van der Waals surface area contributed by atoms with Crippen molar-refractivity contribution >= 4 is 11.4 Å². The van der Waals surface area contributed by atoms with Gasteiger partial charge in [0, 0.05) is 24.5 Å². The van der Waals surface area contributed by atoms with E-state index in [9.17, 15) is 9.90 Å². The van der Waals surface area contributed by atoms with Crippen LogP contribution in [0.3, 0.4) is 0 Å². The highest BCUT2D eigenvalue weighted by Crippen LogP contribution is 2.14. The van der Waals surface area contributed by atoms with Gasteiger partial charge in [-0.3, -0.25) is 0 Å². The van der Waals surface area contributed by atoms with E-state index < -0.39 is 0 Å². The largest absolute Gasteiger partial charge is 0.508 e. The Morgan fingerprint density at radius 1 is 0.957 bits per heavy atom. The lowest BCUT2D eigenvalue weighted by Gasteiger charge is -2.09. The van der Waals surface area contributed by atoms with Gasteiger partial charge < -0.3 is 15.7 Å². The normalized spacial score (nSPS) is 10.4. The van der Waals surface area contributed by atoms with Gasteiger partial charge >= 0.3 is 5.69 Å². The molecule has 23 heavy (non-hydrogen) atoms. The number of nitrogens with zero attached hydrogens (tertiary/aromatic N) is 2. The summed E-state index contributed by atoms with van der Waals surface area (Å²) in [5.74, 6) is 0.255. The molecule has 0 bridgehead atoms. The maximum absolute atomic E-state index is 11.5. The van der Waals surface area contributed by atoms with Gasteiger partial charge in [0.15, 0.2) is 0 Å². The van der Waals surface area contributed by atoms with Gasteiger partial charge in [0.25, 0.3) is 0 Å². The lowest BCUT2D eigenvalue weighted by Crippen LogP contribution is -2.15. The zero-order valence-corrected chi connectivity index (χ0v) is 12.4. The van der Waals surface area contributed by atoms with Crippen molar-refractivity contribution in [3.8, 4) is 11.4 Å². The Bertz CT molecular complexity index is 805. The topological polar surface area (TPSA) is 95.0 Å². The van der Waals surface area contributed by atoms with E-state index in [0.29, 0.717) is 0 Å². The predicted molar refractivity (Wildman–Crippen MR) is 89.3 cm³/mol. The molecule has 4 N–H and O–H groups in total. The maximum atomic E-state index is 11.5. The summed E-state index contributed by atoms with van der Waals surface area (Å²) in [5.41, 5.74) is 2.43. The molecule has 0 aliphatic rings. The van der Waals surface area contributed by atoms with Gasteiger partial charge in [-0.2, -0.15) is 5.10 Å². The van der Waals surface area contributed by atoms with Crippen molar-refractivity contribution in [3.05, 3.63) is 65.3 Å². The summed E-state index contributed by atoms with van der Waals surface area (Å²) in [5, 5.41) is 21.8. The molecule has 0 spiro atoms. The first-order valence-corrected chi connectivity index (χ1v) is 7.21. The van der Waals surface area contributed by atoms with Gasteiger partial charge in [-0.1, -0.05) is 0 Å². The average Bonchev–Trinajstić information content (AvgIpc) is 3.00. The smallest absolute Gasteiger partial charge is 0.347 e. The van der Waals surface area contributed by atoms with Crippen LogP contribution in [0.5, 0.6) is 5.75 Å². The van der Waals surface area contributed by atoms with Crippen LogP contribution in [0.4, 0.5) is 11.4 Å². The van der Waals surface area contributed by atoms with E-state index in [0.717, 1.165) is 30.2 Å². The van der Waals surface area contributed by atoms with Crippen molar-refractivity contribution in [1.29, 1.82) is 0 Å². The summed E-state index contributed by atoms with van der Waals surface area (Å²) < 4.78 is 1.44. The lowest BCUT2D eigenvalue weighted by atomic mass is 10.2. The molecule has 0 aliphatic carbocycles. The number of benzene rings is 2. The molecule has 0 amide bonds. The van der Waals surface area contributed by atoms with Crippen LogP contribution in [-0.2, 0) is 0 Å². The number of aromatic hydroxyl groups is 1. The minimum atomic E-state index is -0.260. The number of anilines is 2. The van der Waals surface area contributed by atoms with Crippen molar-refractivity contribution in [3.63, 3.8) is 0 Å². The molecule has 3 aromatic rings. The van der Waals surface area contributed by atoms with Crippen LogP contribution in [-0.4, -0.2) is 33.0 Å². The SMILES string of the molecule is O=c1[nH]ncn1-c1ccc(NCCNc2ccc(O)cc2)cc1. The zero-order valence-electron chi connectivity index (χ0n) is 12.4. The van der Waals surface area contributed by atoms with Gasteiger partial charge in [0.2, 0.25) is 0 Å². The number of aromatic amines is 1. The maximum Gasteiger partial charge on any atom is 0.347 e. The summed E-state index contributed by atoms with van der Waals surface area (Å²) in [6.07, 6.45) is 1.45. The molecule has 0 atom stereocenters. The number of nitrogens with one attached hydrogen (secondary N) is 3. The number of phenols is 1. The van der Waals surface area contributed by atoms with E-state index in [1.54, 1.807) is 12.1 Å². The van der Waals surface area contributed by atoms with Crippen molar-refractivity contribution in [2.75, 3.05) is 23.7 Å². The Labute approximate surface area is 132 Å². The molecule has 7 heteroatoms. The van der Waals surface area contributed by atoms with Crippen LogP contribution in [0.25, 0.3) is 5.69 Å². The quantitative estimate of drug-likeness (QED) is 0.411. The molecule has 3 rings (SSSR count). The van der Waals surface area contributed by atoms with E-state index in [4.69, 9.17) is 0 Å². The molecule has 0 unspecified atom stereocenters. The van der Waals surface area contributed by atoms with E-state index >= 15 is 0 Å². The highest BCUT2D eigenvalue weighted by atomic mass is 16.3. The van der Waals surface area contributed by atoms with Crippen molar-refractivity contribution in [1.82, 2.24) is 14.8 Å². The number of hydrogen-bond donors (Lipinski definition) is 4. The summed E-state index contributed by atoms with van der Waals surface area (Å²) in [7, 11) is 0. The molecule has 0 saturated heterocycles. The minimum Gasteiger partial charge on any atom is -0.508 e. The van der Waals surface area contributed by atoms with E-state index in [2.05, 4.69) is 20.8 Å². The average molecular weight is 311 g/mol. The Hall–Kier alpha value is -3.22. The molecular weight excluding hydrogens is 294 g/mol. The molecule has 0 radical (unpaired) electrons. The fraction of sp³-hybridized carbons (Fsp3) is 0.125. The fourth-order valence-corrected chi connectivity index (χ4v) is 2.16. The molecule has 1 heterocycles. The van der Waals surface area contributed by atoms with Crippen molar-refractivity contribution in [2.45, 2.75) is 0 Å². The summed E-state index contributed by atoms with van der Waals surface area (Å²) in [4.78, 5) is 11.5. The Morgan fingerprint density at radius 2 is 1.52 bits per heavy atom. The van der Waals surface area contributed by atoms with Crippen LogP contribution < -0.4 is 16.3 Å². The van der Waals surface area contributed by atoms with E-state index in [1.807, 2.05) is 36.4 Å². The molecule has 0 saturated carbocycles. The summed E-state index contributed by atoms with van der Waals surface area (Å²) >= 11 is 0. The van der Waals surface area contributed by atoms with E-state index in [1.165, 1.54) is 10.9 Å². The van der Waals surface area contributed by atoms with Crippen molar-refractivity contribution in [2.24, 2.45) is 0 Å². The first kappa shape index (κ1) is 14.7. The van der Waals surface area contributed by atoms with Gasteiger partial charge in [-0.25, -0.2) is 14.5 Å². The molecule has 7 nitrogen and oxygen atoms in total. The minimum absolute atomic E-state index is 0.255. The van der Waals surface area contributed by atoms with Crippen LogP contribution in [0.1, 0.15) is 0 Å². The molecule has 2 aromatic carbocycles. The number of phenolic OH excluding ortho intramolecular Hbond substituents is 1. The molecular formula is C16H17N5O2. The van der Waals surface area contributed by atoms with Crippen LogP contribution in [0.2, 0.25) is 0 Å². The summed E-state index contributed by atoms with van der Waals surface area (Å²) in [6, 6.07) is 14.5. The second-order valence-corrected chi connectivity index (χ2v) is 4.98. The number of rotatable bonds is 6. The third-order valence-electron chi connectivity index (χ3n) is 3.35. The Balaban J connectivity index is 1.50. The van der Waals surface area contributed by atoms with Crippen LogP contribution in [0.15, 0.2) is 59.7 Å². The van der Waals surface area contributed by atoms with Gasteiger partial charge in [0.05, 0.1) is 5.69 Å². The third kappa shape index (κ3) is 3.70. The Kier molecular flexibility index (Phi) is 4.28. The number of hydrogen-bond acceptors (Lipinski definition) is 5. The van der Waals surface area contributed by atoms with Crippen molar-refractivity contribution < 1.29 is 5.11 Å². The zero-order chi connectivity index (χ0) is 16.1. The third-order valence-corrected chi connectivity index (χ3v) is 3.35. The van der Waals surface area contributed by atoms with Gasteiger partial charge in [-0.05, 0) is 48.5 Å². The fourth-order valence-electron chi connectivity index (χ4n) is 2.16. The second-order valence-electron chi connectivity index (χ2n) is 4.98. The molecule has 0 fully saturated rings. The second kappa shape index (κ2) is 6.69. The van der Waals surface area contributed by atoms with Gasteiger partial charge in [0.1, 0.15) is 12.1 Å². The van der Waals surface area contributed by atoms with Crippen LogP contribution >= 0.6 is 0 Å². The first-order chi connectivity index (χ1) is 11.2. The predicted octanol–water partition coefficient (Wildman–Crippen LogP) is 1.79. The standard InChI is InChI=1S/C16H17N5O2/c22-15-7-3-13(4-8-15)18-10-9-17-12-1-5-14(6-2-12)21-11-19-20-16(21)23/h1-8,11,17-18,22H,9-10H2,(H,20,23). The monoisotopic (exact) mass is 311 g/mol. The number of H-pyrrole nitrogens is 1. The molecule has 1 aromatic heterocycles. The highest BCUT2D eigenvalue weighted by molar-refractivity contribution is 5.49. The molecule has 0 aliphatic heterocycles. The molecule has 118 valence electrons. The van der Waals surface area contributed by atoms with E-state index in [-0.39, 0.29) is 11.4 Å². The van der Waals surface area contributed by atoms with Gasteiger partial charge in [-0.15, -0.1) is 0 Å². The first-order valence-electron chi connectivity index (χ1n) is 7.21. The number of aromatic nitrogens is 3. The van der Waals surface area contributed by atoms with Crippen LogP contribution in [0, 0.1) is 0 Å².